The smallest absolute Gasteiger partial charge is 0.247 e. The third kappa shape index (κ3) is 3.41. The van der Waals surface area contributed by atoms with E-state index in [1.165, 1.54) is 36.7 Å². The Morgan fingerprint density at radius 1 is 1.16 bits per heavy atom. The highest BCUT2D eigenvalue weighted by Crippen LogP contribution is 2.37. The summed E-state index contributed by atoms with van der Waals surface area (Å²) in [5.74, 6) is 0.564. The van der Waals surface area contributed by atoms with E-state index >= 15 is 0 Å². The Balaban J connectivity index is 1.49. The Morgan fingerprint density at radius 2 is 1.92 bits per heavy atom. The van der Waals surface area contributed by atoms with Crippen LogP contribution in [-0.2, 0) is 0 Å². The molecule has 1 aliphatic carbocycles. The predicted octanol–water partition coefficient (Wildman–Crippen LogP) is 3.83. The molecular formula is C16H17FN6OS. The predicted molar refractivity (Wildman–Crippen MR) is 89.3 cm³/mol. The van der Waals surface area contributed by atoms with Gasteiger partial charge in [-0.3, -0.25) is 0 Å². The lowest BCUT2D eigenvalue weighted by atomic mass is 10.2. The third-order valence-corrected chi connectivity index (χ3v) is 5.33. The molecule has 1 saturated carbocycles. The fraction of sp³-hybridized carbons (Fsp3) is 0.438. The molecule has 0 N–H and O–H groups in total. The fourth-order valence-electron chi connectivity index (χ4n) is 2.96. The molecule has 4 rings (SSSR count). The Labute approximate surface area is 148 Å². The van der Waals surface area contributed by atoms with Crippen molar-refractivity contribution >= 4 is 11.8 Å². The average molecular weight is 360 g/mol. The topological polar surface area (TPSA) is 82.5 Å². The Morgan fingerprint density at radius 3 is 2.68 bits per heavy atom. The lowest BCUT2D eigenvalue weighted by Crippen LogP contribution is -2.08. The second-order valence-electron chi connectivity index (χ2n) is 6.06. The second kappa shape index (κ2) is 6.91. The molecule has 0 amide bonds. The van der Waals surface area contributed by atoms with Gasteiger partial charge in [0.1, 0.15) is 5.82 Å². The maximum atomic E-state index is 13.0. The first kappa shape index (κ1) is 16.2. The molecule has 0 aliphatic heterocycles. The number of hydrogen-bond acceptors (Lipinski definition) is 7. The maximum absolute atomic E-state index is 13.0. The van der Waals surface area contributed by atoms with Gasteiger partial charge in [0, 0.05) is 5.56 Å². The number of thioether (sulfide) groups is 1. The van der Waals surface area contributed by atoms with Gasteiger partial charge in [-0.25, -0.2) is 9.07 Å². The van der Waals surface area contributed by atoms with E-state index < -0.39 is 0 Å². The average Bonchev–Trinajstić information content (AvgIpc) is 3.36. The first-order valence-electron chi connectivity index (χ1n) is 8.24. The molecule has 0 bridgehead atoms. The van der Waals surface area contributed by atoms with E-state index in [4.69, 9.17) is 4.42 Å². The van der Waals surface area contributed by atoms with Crippen molar-refractivity contribution in [3.05, 3.63) is 36.0 Å². The molecule has 0 saturated heterocycles. The van der Waals surface area contributed by atoms with Crippen molar-refractivity contribution in [2.24, 2.45) is 0 Å². The molecule has 0 radical (unpaired) electrons. The molecular weight excluding hydrogens is 343 g/mol. The van der Waals surface area contributed by atoms with Crippen LogP contribution in [0.5, 0.6) is 0 Å². The highest BCUT2D eigenvalue weighted by atomic mass is 32.2. The first-order chi connectivity index (χ1) is 12.2. The van der Waals surface area contributed by atoms with Crippen LogP contribution in [-0.4, -0.2) is 30.4 Å². The van der Waals surface area contributed by atoms with Crippen LogP contribution >= 0.6 is 11.8 Å². The van der Waals surface area contributed by atoms with Gasteiger partial charge in [-0.05, 0) is 54.5 Å². The van der Waals surface area contributed by atoms with E-state index in [1.807, 2.05) is 11.6 Å². The highest BCUT2D eigenvalue weighted by molar-refractivity contribution is 7.99. The molecule has 3 aromatic rings. The number of benzene rings is 1. The van der Waals surface area contributed by atoms with E-state index in [9.17, 15) is 4.39 Å². The van der Waals surface area contributed by atoms with Crippen LogP contribution in [0.1, 0.15) is 49.8 Å². The summed E-state index contributed by atoms with van der Waals surface area (Å²) in [5, 5.41) is 20.9. The van der Waals surface area contributed by atoms with Gasteiger partial charge in [0.15, 0.2) is 0 Å². The molecule has 9 heteroatoms. The summed E-state index contributed by atoms with van der Waals surface area (Å²) >= 11 is 1.50. The summed E-state index contributed by atoms with van der Waals surface area (Å²) in [6.07, 6.45) is 4.66. The third-order valence-electron chi connectivity index (χ3n) is 4.29. The molecule has 0 unspecified atom stereocenters. The summed E-state index contributed by atoms with van der Waals surface area (Å²) in [5.41, 5.74) is 0.688. The standard InChI is InChI=1S/C16H17FN6OS/c1-10(25-16-20-21-22-23(16)13-4-2-3-5-13)14-18-19-15(24-14)11-6-8-12(17)9-7-11/h6-10,13H,2-5H2,1H3/t10-/m1/s1. The zero-order valence-electron chi connectivity index (χ0n) is 13.7. The zero-order valence-corrected chi connectivity index (χ0v) is 14.5. The largest absolute Gasteiger partial charge is 0.419 e. The quantitative estimate of drug-likeness (QED) is 0.639. The summed E-state index contributed by atoms with van der Waals surface area (Å²) in [4.78, 5) is 0. The number of nitrogens with zero attached hydrogens (tertiary/aromatic N) is 6. The maximum Gasteiger partial charge on any atom is 0.247 e. The van der Waals surface area contributed by atoms with Crippen LogP contribution in [0.4, 0.5) is 4.39 Å². The Bertz CT molecular complexity index is 842. The number of aromatic nitrogens is 6. The van der Waals surface area contributed by atoms with Crippen molar-refractivity contribution in [3.8, 4) is 11.5 Å². The minimum Gasteiger partial charge on any atom is -0.419 e. The van der Waals surface area contributed by atoms with E-state index in [2.05, 4.69) is 25.7 Å². The van der Waals surface area contributed by atoms with Gasteiger partial charge in [0.05, 0.1) is 11.3 Å². The van der Waals surface area contributed by atoms with E-state index in [0.717, 1.165) is 18.0 Å². The zero-order chi connectivity index (χ0) is 17.2. The molecule has 25 heavy (non-hydrogen) atoms. The summed E-state index contributed by atoms with van der Waals surface area (Å²) in [7, 11) is 0. The number of hydrogen-bond donors (Lipinski definition) is 0. The van der Waals surface area contributed by atoms with Gasteiger partial charge >= 0.3 is 0 Å². The van der Waals surface area contributed by atoms with E-state index in [-0.39, 0.29) is 11.1 Å². The Kier molecular flexibility index (Phi) is 4.48. The summed E-state index contributed by atoms with van der Waals surface area (Å²) in [6.45, 7) is 1.97. The second-order valence-corrected chi connectivity index (χ2v) is 7.36. The number of rotatable bonds is 5. The van der Waals surface area contributed by atoms with Crippen molar-refractivity contribution < 1.29 is 8.81 Å². The van der Waals surface area contributed by atoms with Gasteiger partial charge < -0.3 is 4.42 Å². The van der Waals surface area contributed by atoms with Crippen molar-refractivity contribution in [2.75, 3.05) is 0 Å². The lowest BCUT2D eigenvalue weighted by Gasteiger charge is -2.12. The van der Waals surface area contributed by atoms with Crippen molar-refractivity contribution in [3.63, 3.8) is 0 Å². The van der Waals surface area contributed by atoms with Crippen molar-refractivity contribution in [1.29, 1.82) is 0 Å². The molecule has 2 aromatic heterocycles. The fourth-order valence-corrected chi connectivity index (χ4v) is 3.85. The SMILES string of the molecule is C[C@@H](Sc1nnnn1C1CCCC1)c1nnc(-c2ccc(F)cc2)o1. The van der Waals surface area contributed by atoms with E-state index in [1.54, 1.807) is 12.1 Å². The monoisotopic (exact) mass is 360 g/mol. The van der Waals surface area contributed by atoms with Crippen LogP contribution in [0.3, 0.4) is 0 Å². The molecule has 0 spiro atoms. The molecule has 2 heterocycles. The van der Waals surface area contributed by atoms with Crippen LogP contribution in [0.25, 0.3) is 11.5 Å². The normalized spacial score (nSPS) is 16.4. The molecule has 1 aromatic carbocycles. The minimum atomic E-state index is -0.300. The van der Waals surface area contributed by atoms with Crippen LogP contribution in [0.2, 0.25) is 0 Å². The van der Waals surface area contributed by atoms with Crippen LogP contribution < -0.4 is 0 Å². The van der Waals surface area contributed by atoms with Gasteiger partial charge in [0.2, 0.25) is 16.9 Å². The highest BCUT2D eigenvalue weighted by Gasteiger charge is 2.24. The first-order valence-corrected chi connectivity index (χ1v) is 9.12. The summed E-state index contributed by atoms with van der Waals surface area (Å²) < 4.78 is 20.7. The van der Waals surface area contributed by atoms with Gasteiger partial charge in [-0.15, -0.1) is 15.3 Å². The van der Waals surface area contributed by atoms with E-state index in [0.29, 0.717) is 23.4 Å². The van der Waals surface area contributed by atoms with Crippen molar-refractivity contribution in [2.45, 2.75) is 49.1 Å². The molecule has 7 nitrogen and oxygen atoms in total. The van der Waals surface area contributed by atoms with Gasteiger partial charge in [-0.1, -0.05) is 24.6 Å². The summed E-state index contributed by atoms with van der Waals surface area (Å²) in [6, 6.07) is 6.35. The molecule has 1 fully saturated rings. The Hall–Kier alpha value is -2.29. The number of halogens is 1. The van der Waals surface area contributed by atoms with Gasteiger partial charge in [0.25, 0.3) is 0 Å². The number of tetrazole rings is 1. The molecule has 1 aliphatic rings. The molecule has 1 atom stereocenters. The van der Waals surface area contributed by atoms with Gasteiger partial charge in [-0.2, -0.15) is 0 Å². The van der Waals surface area contributed by atoms with Crippen LogP contribution in [0.15, 0.2) is 33.8 Å². The van der Waals surface area contributed by atoms with Crippen LogP contribution in [0, 0.1) is 5.82 Å². The molecule has 130 valence electrons. The van der Waals surface area contributed by atoms with Crippen molar-refractivity contribution in [1.82, 2.24) is 30.4 Å². The lowest BCUT2D eigenvalue weighted by molar-refractivity contribution is 0.422. The minimum absolute atomic E-state index is 0.0900.